The number of anilines is 1. The number of para-hydroxylation sites is 2. The van der Waals surface area contributed by atoms with E-state index in [1.807, 2.05) is 27.7 Å². The van der Waals surface area contributed by atoms with Crippen LogP contribution < -0.4 is 37.9 Å². The van der Waals surface area contributed by atoms with Gasteiger partial charge < -0.3 is 14.3 Å². The first-order chi connectivity index (χ1) is 55.0. The maximum atomic E-state index is 10.7. The smallest absolute Gasteiger partial charge is 1.00 e. The van der Waals surface area contributed by atoms with Crippen LogP contribution in [0.3, 0.4) is 0 Å². The predicted molar refractivity (Wildman–Crippen MR) is 507 cm³/mol. The molecule has 11 rings (SSSR count). The van der Waals surface area contributed by atoms with Gasteiger partial charge in [-0.1, -0.05) is 240 Å². The van der Waals surface area contributed by atoms with Gasteiger partial charge in [0.05, 0.1) is 22.4 Å². The molecule has 0 aromatic heterocycles. The molecule has 0 spiro atoms. The molecule has 2 heterocycles. The van der Waals surface area contributed by atoms with Crippen molar-refractivity contribution in [3.05, 3.63) is 209 Å². The van der Waals surface area contributed by atoms with Crippen molar-refractivity contribution >= 4 is 109 Å². The van der Waals surface area contributed by atoms with Gasteiger partial charge in [-0.05, 0) is 145 Å². The Hall–Kier alpha value is -3.46. The first-order valence-electron chi connectivity index (χ1n) is 42.8. The third kappa shape index (κ3) is 36.0. The maximum absolute atomic E-state index is 10.7. The van der Waals surface area contributed by atoms with Crippen LogP contribution in [0, 0.1) is 26.8 Å². The summed E-state index contributed by atoms with van der Waals surface area (Å²) in [4.78, 5) is 23.0. The second kappa shape index (κ2) is 51.5. The van der Waals surface area contributed by atoms with Gasteiger partial charge in [-0.25, -0.2) is 6.54 Å². The second-order valence-electron chi connectivity index (χ2n) is 37.8. The molecule has 3 saturated carbocycles. The quantitative estimate of drug-likeness (QED) is 0.0134. The minimum atomic E-state index is -3.67. The third-order valence-corrected chi connectivity index (χ3v) is 35.8. The Morgan fingerprint density at radius 2 is 0.858 bits per heavy atom. The Morgan fingerprint density at radius 3 is 1.16 bits per heavy atom. The zero-order valence-corrected chi connectivity index (χ0v) is 86.2. The van der Waals surface area contributed by atoms with Gasteiger partial charge in [-0.15, -0.1) is 5.41 Å². The summed E-state index contributed by atoms with van der Waals surface area (Å²) in [7, 11) is 17.2. The van der Waals surface area contributed by atoms with Gasteiger partial charge in [0.2, 0.25) is 5.69 Å². The van der Waals surface area contributed by atoms with E-state index in [2.05, 4.69) is 256 Å². The molecular formula is C94H142BCl4F4LiN5O6PRu2Si2. The van der Waals surface area contributed by atoms with Crippen molar-refractivity contribution in [3.8, 4) is 11.5 Å². The fourth-order valence-electron chi connectivity index (χ4n) is 17.9. The number of halogens is 8. The van der Waals surface area contributed by atoms with E-state index in [0.717, 1.165) is 12.8 Å². The fraction of sp³-hybridized carbons (Fsp3) is 0.574. The van der Waals surface area contributed by atoms with Crippen molar-refractivity contribution in [1.29, 1.82) is 0 Å². The molecule has 2 atom stereocenters. The number of nitro groups is 2. The summed E-state index contributed by atoms with van der Waals surface area (Å²) in [6.07, 6.45) is 28.5. The molecule has 5 aliphatic rings. The number of nitrogens with zero attached hydrogens (tertiary/aromatic N) is 5. The van der Waals surface area contributed by atoms with Crippen LogP contribution in [-0.2, 0) is 37.9 Å². The Balaban J connectivity index is 0.000000376. The van der Waals surface area contributed by atoms with Crippen LogP contribution in [0.1, 0.15) is 302 Å². The van der Waals surface area contributed by atoms with Crippen molar-refractivity contribution in [3.63, 3.8) is 0 Å². The van der Waals surface area contributed by atoms with Gasteiger partial charge in [0.15, 0.2) is 11.8 Å². The molecule has 11 nitrogen and oxygen atoms in total. The fourth-order valence-corrected chi connectivity index (χ4v) is 34.8. The third-order valence-electron chi connectivity index (χ3n) is 22.2. The summed E-state index contributed by atoms with van der Waals surface area (Å²) in [5.74, 6) is 3.16. The molecule has 0 bridgehead atoms. The van der Waals surface area contributed by atoms with E-state index in [1.54, 1.807) is 118 Å². The molecule has 2 aliphatic heterocycles. The summed E-state index contributed by atoms with van der Waals surface area (Å²) < 4.78 is 50.7. The van der Waals surface area contributed by atoms with Crippen molar-refractivity contribution in [2.45, 2.75) is 348 Å². The molecular weight excluding hydrogens is 1820 g/mol. The van der Waals surface area contributed by atoms with Crippen molar-refractivity contribution in [2.75, 3.05) is 4.90 Å². The van der Waals surface area contributed by atoms with Gasteiger partial charge in [0.25, 0.3) is 0 Å². The Kier molecular flexibility index (Phi) is 47.5. The zero-order chi connectivity index (χ0) is 88.4. The molecule has 1 saturated heterocycles. The van der Waals surface area contributed by atoms with Crippen LogP contribution in [-0.4, -0.2) is 94.1 Å². The van der Waals surface area contributed by atoms with Crippen LogP contribution in [0.2, 0.25) is 39.3 Å². The van der Waals surface area contributed by atoms with E-state index in [1.165, 1.54) is 86.0 Å². The summed E-state index contributed by atoms with van der Waals surface area (Å²) in [5.41, 5.74) is 16.6. The topological polar surface area (TPSA) is 125 Å². The van der Waals surface area contributed by atoms with E-state index < -0.39 is 60.9 Å². The molecule has 6 aromatic rings. The zero-order valence-electron chi connectivity index (χ0n) is 76.7. The van der Waals surface area contributed by atoms with Crippen LogP contribution in [0.5, 0.6) is 11.5 Å². The minimum Gasteiger partial charge on any atom is -1.00 e. The molecule has 668 valence electrons. The minimum absolute atomic E-state index is 0. The van der Waals surface area contributed by atoms with Crippen molar-refractivity contribution in [1.82, 2.24) is 0 Å². The molecule has 2 unspecified atom stereocenters. The predicted octanol–water partition coefficient (Wildman–Crippen LogP) is 24.9. The van der Waals surface area contributed by atoms with Crippen LogP contribution in [0.4, 0.5) is 35.7 Å². The Bertz CT molecular complexity index is 4020. The number of rotatable bonds is 21. The van der Waals surface area contributed by atoms with E-state index in [9.17, 15) is 33.2 Å². The summed E-state index contributed by atoms with van der Waals surface area (Å²) in [5, 5.41) is 21.3. The Morgan fingerprint density at radius 1 is 0.525 bits per heavy atom. The van der Waals surface area contributed by atoms with Gasteiger partial charge in [0, 0.05) is 50.5 Å². The van der Waals surface area contributed by atoms with Gasteiger partial charge in [-0.2, -0.15) is 4.58 Å². The molecule has 0 radical (unpaired) electrons. The van der Waals surface area contributed by atoms with Gasteiger partial charge in [-0.3, -0.25) is 12.9 Å². The molecule has 6 aromatic carbocycles. The summed E-state index contributed by atoms with van der Waals surface area (Å²) in [6, 6.07) is 44.4. The first kappa shape index (κ1) is 111. The monoisotopic (exact) mass is 1960 g/mol. The van der Waals surface area contributed by atoms with E-state index in [4.69, 9.17) is 52.9 Å². The average molecular weight is 1960 g/mol. The standard InChI is InChI=1S/2C25H34N.C18H33P.2C10H11NO3.C6H18NSi2.BF3.4ClH.FH.Li.2Ru/c2*1-18(2)21-14-11-15-22(19(3)4)23(21)26-17-25(7,16-24(26,5)6)20-12-9-8-10-13-20;1-4-10-16(11-5-1)19(17-12-6-2-7-13-17)18-14-8-3-9-15-18;2*1-7(2)14-10-5-4-9(11(12)13)6-8(10)3;1-8(2,3)7-9(4,5)6;2-1(3)4;;;;;;;;/h2*8-15,17-19H,16H2,1-7H3;16-18H,1-15H2;2*3-7H,1-2H3;1-6H3;;5*1H;;;/q-1;+1;;;;-1;;;;;;;+1;2*+2/p-4. The number of nitro benzene ring substituents is 2. The first-order valence-corrected chi connectivity index (χ1v) is 62.4. The number of non-ortho nitro benzene ring substituents is 2. The van der Waals surface area contributed by atoms with Crippen molar-refractivity contribution < 1.29 is 87.4 Å². The molecule has 120 heavy (non-hydrogen) atoms. The number of ether oxygens (including phenoxy) is 2. The molecule has 4 fully saturated rings. The number of benzene rings is 6. The number of hydrogen-bond donors (Lipinski definition) is 0. The van der Waals surface area contributed by atoms with Crippen molar-refractivity contribution in [2.24, 2.45) is 0 Å². The molecule has 3 aliphatic carbocycles. The maximum Gasteiger partial charge on any atom is 1.00 e. The summed E-state index contributed by atoms with van der Waals surface area (Å²) >= 11 is -4.09. The molecule has 0 N–H and O–H groups in total. The van der Waals surface area contributed by atoms with Crippen LogP contribution >= 0.6 is 46.7 Å². The summed E-state index contributed by atoms with van der Waals surface area (Å²) in [6.45, 7) is 56.6. The van der Waals surface area contributed by atoms with Crippen LogP contribution in [0.15, 0.2) is 133 Å². The largest absolute Gasteiger partial charge is 1.00 e. The van der Waals surface area contributed by atoms with Gasteiger partial charge >= 0.3 is 251 Å². The number of hydrogen-bond acceptors (Lipinski definition) is 7. The molecule has 26 heteroatoms. The second-order valence-corrected chi connectivity index (χ2v) is 62.3. The Labute approximate surface area is 763 Å². The van der Waals surface area contributed by atoms with Crippen LogP contribution in [0.25, 0.3) is 4.65 Å². The SMILES string of the molecule is C1CCC([PH+](C2CCCCC2)C2CCCCC2)CC1.CC(C)Oc1ccc([N+](=O)[O-])cc1[CH]=[Ru]([Cl])[Cl].CC(C)Oc1ccc([N+](=O)[O-])cc1[CH]=[Ru]([Cl])[Cl].CC(C)c1cccc(C(C)C)c1N1[CH-]C(C)(c2ccccc2)CC1(C)C.CC(C)c1cccc(C(C)C)c1[N+]1=CC(C)(c2ccccc2)CC1(C)C.C[Si](C)(C)[N-][Si](C)(C)C.FB(F)F.[F-].[Li+]. The van der Waals surface area contributed by atoms with E-state index in [-0.39, 0.29) is 77.0 Å². The average Bonchev–Trinajstić information content (AvgIpc) is 1.59. The molecule has 0 amide bonds. The van der Waals surface area contributed by atoms with E-state index >= 15 is 0 Å². The van der Waals surface area contributed by atoms with Gasteiger partial charge in [0.1, 0.15) is 0 Å². The van der Waals surface area contributed by atoms with E-state index in [0.29, 0.717) is 46.3 Å². The normalized spacial score (nSPS) is 18.7.